The molecule has 0 bridgehead atoms. The average Bonchev–Trinajstić information content (AvgIpc) is 3.24. The molecule has 0 spiro atoms. The summed E-state index contributed by atoms with van der Waals surface area (Å²) in [7, 11) is 0.745. The van der Waals surface area contributed by atoms with Crippen molar-refractivity contribution in [2.75, 3.05) is 21.2 Å². The summed E-state index contributed by atoms with van der Waals surface area (Å²) < 4.78 is 42.0. The maximum Gasteiger partial charge on any atom is 0.283 e. The van der Waals surface area contributed by atoms with Gasteiger partial charge in [-0.05, 0) is 46.3 Å². The molecule has 10 heteroatoms. The van der Waals surface area contributed by atoms with Crippen LogP contribution in [0.3, 0.4) is 0 Å². The Morgan fingerprint density at radius 2 is 1.80 bits per heavy atom. The van der Waals surface area contributed by atoms with E-state index in [4.69, 9.17) is 13.6 Å². The minimum Gasteiger partial charge on any atom is -0.496 e. The molecule has 0 saturated heterocycles. The first-order valence-electron chi connectivity index (χ1n) is 7.03. The van der Waals surface area contributed by atoms with E-state index in [0.29, 0.717) is 11.3 Å². The molecule has 0 radical (unpaired) electrons. The molecule has 2 aromatic heterocycles. The second kappa shape index (κ2) is 6.62. The Hall–Kier alpha value is -2.17. The number of methoxy groups -OCH3 is 1. The Labute approximate surface area is 152 Å². The van der Waals surface area contributed by atoms with Crippen molar-refractivity contribution in [3.8, 4) is 28.9 Å². The van der Waals surface area contributed by atoms with Gasteiger partial charge in [0.2, 0.25) is 11.0 Å². The van der Waals surface area contributed by atoms with Crippen LogP contribution in [0.1, 0.15) is 0 Å². The van der Waals surface area contributed by atoms with Gasteiger partial charge in [0, 0.05) is 19.7 Å². The first-order valence-corrected chi connectivity index (χ1v) is 9.26. The minimum absolute atomic E-state index is 0.0853. The van der Waals surface area contributed by atoms with Gasteiger partial charge in [0.05, 0.1) is 11.6 Å². The summed E-state index contributed by atoms with van der Waals surface area (Å²) in [5.74, 6) is 1.20. The molecule has 0 saturated carbocycles. The lowest BCUT2D eigenvalue weighted by atomic mass is 10.2. The van der Waals surface area contributed by atoms with E-state index in [1.54, 1.807) is 25.3 Å². The molecule has 2 heterocycles. The van der Waals surface area contributed by atoms with E-state index in [-0.39, 0.29) is 22.6 Å². The highest BCUT2D eigenvalue weighted by Gasteiger charge is 2.23. The third-order valence-corrected chi connectivity index (χ3v) is 5.66. The zero-order chi connectivity index (χ0) is 18.2. The fraction of sp³-hybridized carbons (Fsp3) is 0.200. The number of hydrogen-bond acceptors (Lipinski definition) is 7. The monoisotopic (exact) mass is 427 g/mol. The Morgan fingerprint density at radius 1 is 1.08 bits per heavy atom. The fourth-order valence-corrected chi connectivity index (χ4v) is 3.33. The summed E-state index contributed by atoms with van der Waals surface area (Å²) in [5.41, 5.74) is 0.680. The number of benzene rings is 1. The van der Waals surface area contributed by atoms with Crippen LogP contribution < -0.4 is 4.74 Å². The topological polar surface area (TPSA) is 98.7 Å². The van der Waals surface area contributed by atoms with Crippen molar-refractivity contribution in [2.24, 2.45) is 0 Å². The Balaban J connectivity index is 1.92. The molecule has 0 aliphatic rings. The summed E-state index contributed by atoms with van der Waals surface area (Å²) >= 11 is 3.39. The predicted octanol–water partition coefficient (Wildman–Crippen LogP) is 3.02. The summed E-state index contributed by atoms with van der Waals surface area (Å²) in [4.78, 5) is 0. The van der Waals surface area contributed by atoms with Crippen LogP contribution in [0.25, 0.3) is 23.1 Å². The van der Waals surface area contributed by atoms with E-state index in [0.717, 1.165) is 8.78 Å². The zero-order valence-electron chi connectivity index (χ0n) is 13.6. The number of furan rings is 1. The third-order valence-electron chi connectivity index (χ3n) is 3.35. The van der Waals surface area contributed by atoms with E-state index >= 15 is 0 Å². The van der Waals surface area contributed by atoms with Gasteiger partial charge >= 0.3 is 0 Å². The molecule has 25 heavy (non-hydrogen) atoms. The van der Waals surface area contributed by atoms with Crippen LogP contribution in [-0.4, -0.2) is 44.1 Å². The number of aromatic nitrogens is 2. The van der Waals surface area contributed by atoms with Gasteiger partial charge in [-0.25, -0.2) is 12.7 Å². The maximum atomic E-state index is 12.0. The standard InChI is InChI=1S/C15H14BrN3O5S/c1-19(2)25(20,21)13-7-6-12(23-13)15-18-17-14(24-15)9-4-5-11(22-3)10(16)8-9/h4-8H,1-3H3. The summed E-state index contributed by atoms with van der Waals surface area (Å²) in [5, 5.41) is 7.68. The van der Waals surface area contributed by atoms with E-state index in [1.807, 2.05) is 0 Å². The molecule has 0 aliphatic heterocycles. The first-order chi connectivity index (χ1) is 11.8. The molecule has 0 atom stereocenters. The normalized spacial score (nSPS) is 11.9. The largest absolute Gasteiger partial charge is 0.496 e. The van der Waals surface area contributed by atoms with Gasteiger partial charge < -0.3 is 13.6 Å². The number of rotatable bonds is 5. The smallest absolute Gasteiger partial charge is 0.283 e. The van der Waals surface area contributed by atoms with Crippen LogP contribution in [0.5, 0.6) is 5.75 Å². The molecule has 0 unspecified atom stereocenters. The zero-order valence-corrected chi connectivity index (χ0v) is 16.0. The minimum atomic E-state index is -3.67. The molecule has 0 fully saturated rings. The number of sulfonamides is 1. The highest BCUT2D eigenvalue weighted by molar-refractivity contribution is 9.10. The fourth-order valence-electron chi connectivity index (χ4n) is 1.99. The van der Waals surface area contributed by atoms with Crippen LogP contribution in [-0.2, 0) is 10.0 Å². The Morgan fingerprint density at radius 3 is 2.44 bits per heavy atom. The van der Waals surface area contributed by atoms with Crippen molar-refractivity contribution in [1.82, 2.24) is 14.5 Å². The molecule has 3 rings (SSSR count). The maximum absolute atomic E-state index is 12.0. The second-order valence-corrected chi connectivity index (χ2v) is 8.10. The summed E-state index contributed by atoms with van der Waals surface area (Å²) in [6.07, 6.45) is 0. The van der Waals surface area contributed by atoms with Gasteiger partial charge in [-0.1, -0.05) is 0 Å². The molecule has 1 aromatic carbocycles. The highest BCUT2D eigenvalue weighted by Crippen LogP contribution is 2.32. The van der Waals surface area contributed by atoms with Crippen molar-refractivity contribution >= 4 is 26.0 Å². The lowest BCUT2D eigenvalue weighted by Crippen LogP contribution is -2.21. The number of nitrogens with zero attached hydrogens (tertiary/aromatic N) is 3. The average molecular weight is 428 g/mol. The van der Waals surface area contributed by atoms with Gasteiger partial charge in [0.15, 0.2) is 5.76 Å². The lowest BCUT2D eigenvalue weighted by Gasteiger charge is -2.07. The SMILES string of the molecule is COc1ccc(-c2nnc(-c3ccc(S(=O)(=O)N(C)C)o3)o2)cc1Br. The van der Waals surface area contributed by atoms with Gasteiger partial charge in [0.25, 0.3) is 15.9 Å². The van der Waals surface area contributed by atoms with Crippen LogP contribution >= 0.6 is 15.9 Å². The van der Waals surface area contributed by atoms with Crippen molar-refractivity contribution in [2.45, 2.75) is 5.09 Å². The molecule has 0 aliphatic carbocycles. The first kappa shape index (κ1) is 17.6. The summed E-state index contributed by atoms with van der Waals surface area (Å²) in [6.45, 7) is 0. The quantitative estimate of drug-likeness (QED) is 0.616. The van der Waals surface area contributed by atoms with E-state index in [9.17, 15) is 8.42 Å². The summed E-state index contributed by atoms with van der Waals surface area (Å²) in [6, 6.07) is 8.12. The van der Waals surface area contributed by atoms with Crippen LogP contribution in [0, 0.1) is 0 Å². The van der Waals surface area contributed by atoms with Crippen molar-refractivity contribution in [1.29, 1.82) is 0 Å². The van der Waals surface area contributed by atoms with Gasteiger partial charge in [0.1, 0.15) is 5.75 Å². The van der Waals surface area contributed by atoms with E-state index in [1.165, 1.54) is 26.2 Å². The van der Waals surface area contributed by atoms with Gasteiger partial charge in [-0.3, -0.25) is 0 Å². The van der Waals surface area contributed by atoms with Crippen molar-refractivity contribution in [3.05, 3.63) is 34.8 Å². The Kier molecular flexibility index (Phi) is 4.67. The molecular weight excluding hydrogens is 414 g/mol. The molecular formula is C15H14BrN3O5S. The van der Waals surface area contributed by atoms with Crippen molar-refractivity contribution in [3.63, 3.8) is 0 Å². The Bertz CT molecular complexity index is 1010. The van der Waals surface area contributed by atoms with Crippen LogP contribution in [0.2, 0.25) is 0 Å². The van der Waals surface area contributed by atoms with Crippen molar-refractivity contribution < 1.29 is 22.0 Å². The van der Waals surface area contributed by atoms with Crippen LogP contribution in [0.15, 0.2) is 48.7 Å². The number of hydrogen-bond donors (Lipinski definition) is 0. The van der Waals surface area contributed by atoms with Crippen LogP contribution in [0.4, 0.5) is 0 Å². The molecule has 0 amide bonds. The molecule has 0 N–H and O–H groups in total. The molecule has 8 nitrogen and oxygen atoms in total. The van der Waals surface area contributed by atoms with Gasteiger partial charge in [-0.15, -0.1) is 10.2 Å². The molecule has 3 aromatic rings. The lowest BCUT2D eigenvalue weighted by molar-refractivity contribution is 0.412. The third kappa shape index (κ3) is 3.32. The van der Waals surface area contributed by atoms with E-state index < -0.39 is 10.0 Å². The van der Waals surface area contributed by atoms with E-state index in [2.05, 4.69) is 26.1 Å². The second-order valence-electron chi connectivity index (χ2n) is 5.17. The highest BCUT2D eigenvalue weighted by atomic mass is 79.9. The number of halogens is 1. The van der Waals surface area contributed by atoms with Gasteiger partial charge in [-0.2, -0.15) is 0 Å². The molecule has 132 valence electrons. The number of ether oxygens (including phenoxy) is 1. The predicted molar refractivity (Wildman–Crippen MR) is 92.6 cm³/mol.